The molecule has 2 nitrogen and oxygen atoms in total. The molecule has 2 saturated carbocycles. The van der Waals surface area contributed by atoms with Gasteiger partial charge in [-0.25, -0.2) is 0 Å². The van der Waals surface area contributed by atoms with Crippen molar-refractivity contribution in [1.82, 2.24) is 0 Å². The smallest absolute Gasteiger partial charge is 0.204 e. The van der Waals surface area contributed by atoms with Gasteiger partial charge < -0.3 is 9.47 Å². The van der Waals surface area contributed by atoms with Crippen LogP contribution in [0.2, 0.25) is 0 Å². The zero-order valence-corrected chi connectivity index (χ0v) is 11.5. The van der Waals surface area contributed by atoms with Gasteiger partial charge in [-0.05, 0) is 43.2 Å². The van der Waals surface area contributed by atoms with Gasteiger partial charge in [-0.2, -0.15) is 8.78 Å². The third kappa shape index (κ3) is 3.22. The Balaban J connectivity index is 1.54. The molecule has 3 rings (SSSR count). The fraction of sp³-hybridized carbons (Fsp3) is 0.625. The molecule has 4 heteroatoms. The van der Waals surface area contributed by atoms with Crippen molar-refractivity contribution in [3.63, 3.8) is 0 Å². The summed E-state index contributed by atoms with van der Waals surface area (Å²) >= 11 is 0. The van der Waals surface area contributed by atoms with Crippen LogP contribution in [0.5, 0.6) is 11.5 Å². The molecular weight excluding hydrogens is 262 g/mol. The molecule has 0 N–H and O–H groups in total. The quantitative estimate of drug-likeness (QED) is 0.741. The van der Waals surface area contributed by atoms with Gasteiger partial charge >= 0.3 is 0 Å². The standard InChI is InChI=1S/C16H20F2O2/c17-15-13(19-9-8-11-2-1-3-11)6-7-14(16(15)18)20-10-12-4-5-12/h6-7,11-12H,1-5,8-10H2. The van der Waals surface area contributed by atoms with E-state index in [2.05, 4.69) is 0 Å². The van der Waals surface area contributed by atoms with Gasteiger partial charge in [0.25, 0.3) is 0 Å². The minimum Gasteiger partial charge on any atom is -0.490 e. The highest BCUT2D eigenvalue weighted by molar-refractivity contribution is 5.35. The summed E-state index contributed by atoms with van der Waals surface area (Å²) in [7, 11) is 0. The van der Waals surface area contributed by atoms with Crippen LogP contribution in [0.1, 0.15) is 38.5 Å². The number of benzene rings is 1. The first-order valence-electron chi connectivity index (χ1n) is 7.47. The third-order valence-electron chi connectivity index (χ3n) is 4.19. The molecule has 0 atom stereocenters. The van der Waals surface area contributed by atoms with Crippen molar-refractivity contribution in [1.29, 1.82) is 0 Å². The van der Waals surface area contributed by atoms with Crippen LogP contribution in [0.4, 0.5) is 8.78 Å². The maximum Gasteiger partial charge on any atom is 0.204 e. The molecule has 0 heterocycles. The summed E-state index contributed by atoms with van der Waals surface area (Å²) in [5, 5.41) is 0. The Morgan fingerprint density at radius 1 is 0.900 bits per heavy atom. The van der Waals surface area contributed by atoms with Crippen molar-refractivity contribution in [2.75, 3.05) is 13.2 Å². The molecule has 2 aliphatic carbocycles. The Labute approximate surface area is 118 Å². The molecule has 110 valence electrons. The summed E-state index contributed by atoms with van der Waals surface area (Å²) in [5.41, 5.74) is 0. The number of hydrogen-bond acceptors (Lipinski definition) is 2. The molecule has 1 aromatic rings. The van der Waals surface area contributed by atoms with E-state index in [0.29, 0.717) is 25.0 Å². The maximum absolute atomic E-state index is 13.8. The van der Waals surface area contributed by atoms with Crippen LogP contribution in [-0.2, 0) is 0 Å². The van der Waals surface area contributed by atoms with Crippen molar-refractivity contribution < 1.29 is 18.3 Å². The second kappa shape index (κ2) is 5.98. The van der Waals surface area contributed by atoms with Crippen molar-refractivity contribution in [2.45, 2.75) is 38.5 Å². The number of rotatable bonds is 7. The summed E-state index contributed by atoms with van der Waals surface area (Å²) in [5.74, 6) is -0.694. The molecular formula is C16H20F2O2. The van der Waals surface area contributed by atoms with Crippen LogP contribution in [0.3, 0.4) is 0 Å². The lowest BCUT2D eigenvalue weighted by Gasteiger charge is -2.25. The van der Waals surface area contributed by atoms with Gasteiger partial charge in [0.1, 0.15) is 0 Å². The minimum absolute atomic E-state index is 0.0132. The first kappa shape index (κ1) is 13.7. The van der Waals surface area contributed by atoms with Crippen LogP contribution in [0.15, 0.2) is 12.1 Å². The Kier molecular flexibility index (Phi) is 4.08. The van der Waals surface area contributed by atoms with E-state index in [1.807, 2.05) is 0 Å². The second-order valence-electron chi connectivity index (χ2n) is 5.88. The summed E-state index contributed by atoms with van der Waals surface area (Å²) < 4.78 is 38.3. The minimum atomic E-state index is -0.938. The fourth-order valence-electron chi connectivity index (χ4n) is 2.35. The Hall–Kier alpha value is -1.32. The Morgan fingerprint density at radius 3 is 2.10 bits per heavy atom. The topological polar surface area (TPSA) is 18.5 Å². The van der Waals surface area contributed by atoms with Crippen LogP contribution < -0.4 is 9.47 Å². The highest BCUT2D eigenvalue weighted by Gasteiger charge is 2.24. The van der Waals surface area contributed by atoms with Crippen LogP contribution in [-0.4, -0.2) is 13.2 Å². The van der Waals surface area contributed by atoms with Gasteiger partial charge in [0.15, 0.2) is 11.5 Å². The predicted octanol–water partition coefficient (Wildman–Crippen LogP) is 4.32. The van der Waals surface area contributed by atoms with Crippen molar-refractivity contribution in [2.24, 2.45) is 11.8 Å². The zero-order valence-electron chi connectivity index (χ0n) is 11.5. The predicted molar refractivity (Wildman–Crippen MR) is 72.0 cm³/mol. The molecule has 0 bridgehead atoms. The lowest BCUT2D eigenvalue weighted by Crippen LogP contribution is -2.15. The Bertz CT molecular complexity index is 468. The first-order valence-corrected chi connectivity index (χ1v) is 7.47. The molecule has 0 radical (unpaired) electrons. The van der Waals surface area contributed by atoms with E-state index in [4.69, 9.17) is 9.47 Å². The summed E-state index contributed by atoms with van der Waals surface area (Å²) in [6.45, 7) is 0.918. The SMILES string of the molecule is Fc1c(OCCC2CCC2)ccc(OCC2CC2)c1F. The number of hydrogen-bond donors (Lipinski definition) is 0. The van der Waals surface area contributed by atoms with E-state index in [-0.39, 0.29) is 11.5 Å². The molecule has 2 fully saturated rings. The molecule has 2 aliphatic rings. The van der Waals surface area contributed by atoms with Gasteiger partial charge in [0.2, 0.25) is 11.6 Å². The van der Waals surface area contributed by atoms with Crippen molar-refractivity contribution in [3.8, 4) is 11.5 Å². The molecule has 0 unspecified atom stereocenters. The summed E-state index contributed by atoms with van der Waals surface area (Å²) in [6, 6.07) is 2.92. The molecule has 0 amide bonds. The average Bonchev–Trinajstić information content (AvgIpc) is 3.20. The van der Waals surface area contributed by atoms with Gasteiger partial charge in [-0.3, -0.25) is 0 Å². The van der Waals surface area contributed by atoms with E-state index < -0.39 is 11.6 Å². The highest BCUT2D eigenvalue weighted by Crippen LogP contribution is 2.33. The van der Waals surface area contributed by atoms with Crippen LogP contribution in [0.25, 0.3) is 0 Å². The van der Waals surface area contributed by atoms with Gasteiger partial charge in [0, 0.05) is 0 Å². The van der Waals surface area contributed by atoms with E-state index in [0.717, 1.165) is 19.3 Å². The largest absolute Gasteiger partial charge is 0.490 e. The lowest BCUT2D eigenvalue weighted by molar-refractivity contribution is 0.213. The maximum atomic E-state index is 13.8. The third-order valence-corrected chi connectivity index (χ3v) is 4.19. The summed E-state index contributed by atoms with van der Waals surface area (Å²) in [4.78, 5) is 0. The molecule has 1 aromatic carbocycles. The van der Waals surface area contributed by atoms with Gasteiger partial charge in [-0.1, -0.05) is 19.3 Å². The molecule has 20 heavy (non-hydrogen) atoms. The molecule has 0 spiro atoms. The average molecular weight is 282 g/mol. The van der Waals surface area contributed by atoms with E-state index in [1.165, 1.54) is 31.4 Å². The van der Waals surface area contributed by atoms with Crippen molar-refractivity contribution in [3.05, 3.63) is 23.8 Å². The Morgan fingerprint density at radius 2 is 1.55 bits per heavy atom. The van der Waals surface area contributed by atoms with E-state index in [9.17, 15) is 8.78 Å². The molecule has 0 aliphatic heterocycles. The van der Waals surface area contributed by atoms with Crippen molar-refractivity contribution >= 4 is 0 Å². The van der Waals surface area contributed by atoms with Crippen LogP contribution in [0, 0.1) is 23.5 Å². The van der Waals surface area contributed by atoms with E-state index >= 15 is 0 Å². The monoisotopic (exact) mass is 282 g/mol. The normalized spacial score (nSPS) is 18.7. The van der Waals surface area contributed by atoms with Gasteiger partial charge in [-0.15, -0.1) is 0 Å². The zero-order chi connectivity index (χ0) is 13.9. The molecule has 0 aromatic heterocycles. The molecule has 0 saturated heterocycles. The lowest BCUT2D eigenvalue weighted by atomic mass is 9.83. The highest BCUT2D eigenvalue weighted by atomic mass is 19.2. The van der Waals surface area contributed by atoms with E-state index in [1.54, 1.807) is 0 Å². The van der Waals surface area contributed by atoms with Crippen LogP contribution >= 0.6 is 0 Å². The van der Waals surface area contributed by atoms with Gasteiger partial charge in [0.05, 0.1) is 13.2 Å². The number of halogens is 2. The number of ether oxygens (including phenoxy) is 2. The fourth-order valence-corrected chi connectivity index (χ4v) is 2.35. The first-order chi connectivity index (χ1) is 9.74. The summed E-state index contributed by atoms with van der Waals surface area (Å²) in [6.07, 6.45) is 6.89. The second-order valence-corrected chi connectivity index (χ2v) is 5.88.